The molecule has 0 atom stereocenters. The van der Waals surface area contributed by atoms with Gasteiger partial charge in [-0.2, -0.15) is 5.26 Å². The Hall–Kier alpha value is -1.05. The second-order valence-corrected chi connectivity index (χ2v) is 4.86. The molecular formula is C12H16BrN3. The molecule has 0 amide bonds. The Balaban J connectivity index is 2.74. The summed E-state index contributed by atoms with van der Waals surface area (Å²) in [4.78, 5) is 4.32. The normalized spacial score (nSPS) is 10.2. The molecule has 1 aromatic rings. The molecule has 0 spiro atoms. The van der Waals surface area contributed by atoms with E-state index in [0.717, 1.165) is 23.2 Å². The summed E-state index contributed by atoms with van der Waals surface area (Å²) in [6.45, 7) is 1.97. The van der Waals surface area contributed by atoms with E-state index in [1.54, 1.807) is 0 Å². The lowest BCUT2D eigenvalue weighted by molar-refractivity contribution is 0.416. The van der Waals surface area contributed by atoms with Crippen molar-refractivity contribution in [2.45, 2.75) is 0 Å². The summed E-state index contributed by atoms with van der Waals surface area (Å²) in [5.74, 6) is 0. The SMILES string of the molecule is CN(C)CCN(C)c1ccc(C#N)c(Br)c1. The predicted octanol–water partition coefficient (Wildman–Crippen LogP) is 2.32. The fourth-order valence-corrected chi connectivity index (χ4v) is 1.77. The van der Waals surface area contributed by atoms with Gasteiger partial charge in [0.2, 0.25) is 0 Å². The lowest BCUT2D eigenvalue weighted by Gasteiger charge is -2.21. The van der Waals surface area contributed by atoms with E-state index in [1.165, 1.54) is 0 Å². The van der Waals surface area contributed by atoms with Crippen LogP contribution in [0.2, 0.25) is 0 Å². The van der Waals surface area contributed by atoms with Gasteiger partial charge in [-0.05, 0) is 48.2 Å². The van der Waals surface area contributed by atoms with E-state index in [9.17, 15) is 0 Å². The third kappa shape index (κ3) is 3.51. The molecule has 0 aliphatic carbocycles. The number of hydrogen-bond donors (Lipinski definition) is 0. The van der Waals surface area contributed by atoms with Gasteiger partial charge in [0, 0.05) is 30.3 Å². The average Bonchev–Trinajstić information content (AvgIpc) is 2.25. The van der Waals surface area contributed by atoms with Crippen molar-refractivity contribution in [3.63, 3.8) is 0 Å². The predicted molar refractivity (Wildman–Crippen MR) is 70.7 cm³/mol. The first kappa shape index (κ1) is 13.0. The molecule has 0 saturated heterocycles. The highest BCUT2D eigenvalue weighted by atomic mass is 79.9. The van der Waals surface area contributed by atoms with Crippen LogP contribution in [-0.2, 0) is 0 Å². The molecule has 0 radical (unpaired) electrons. The van der Waals surface area contributed by atoms with Crippen LogP contribution in [0.15, 0.2) is 22.7 Å². The van der Waals surface area contributed by atoms with E-state index in [-0.39, 0.29) is 0 Å². The van der Waals surface area contributed by atoms with Crippen molar-refractivity contribution in [2.75, 3.05) is 39.1 Å². The first-order valence-corrected chi connectivity index (χ1v) is 5.89. The highest BCUT2D eigenvalue weighted by Gasteiger charge is 2.04. The number of hydrogen-bond acceptors (Lipinski definition) is 3. The molecule has 16 heavy (non-hydrogen) atoms. The molecule has 0 unspecified atom stereocenters. The molecule has 1 rings (SSSR count). The van der Waals surface area contributed by atoms with E-state index in [1.807, 2.05) is 18.2 Å². The lowest BCUT2D eigenvalue weighted by Crippen LogP contribution is -2.28. The van der Waals surface area contributed by atoms with Crippen molar-refractivity contribution in [1.29, 1.82) is 5.26 Å². The third-order valence-corrected chi connectivity index (χ3v) is 3.05. The van der Waals surface area contributed by atoms with E-state index in [0.29, 0.717) is 5.56 Å². The maximum atomic E-state index is 8.82. The summed E-state index contributed by atoms with van der Waals surface area (Å²) in [6, 6.07) is 7.93. The highest BCUT2D eigenvalue weighted by molar-refractivity contribution is 9.10. The molecule has 0 N–H and O–H groups in total. The van der Waals surface area contributed by atoms with Crippen LogP contribution in [0.1, 0.15) is 5.56 Å². The van der Waals surface area contributed by atoms with Crippen LogP contribution >= 0.6 is 15.9 Å². The van der Waals surface area contributed by atoms with Crippen molar-refractivity contribution in [3.05, 3.63) is 28.2 Å². The highest BCUT2D eigenvalue weighted by Crippen LogP contribution is 2.22. The van der Waals surface area contributed by atoms with Gasteiger partial charge in [-0.1, -0.05) is 0 Å². The van der Waals surface area contributed by atoms with Gasteiger partial charge in [-0.3, -0.25) is 0 Å². The number of benzene rings is 1. The first-order valence-electron chi connectivity index (χ1n) is 5.10. The van der Waals surface area contributed by atoms with Crippen LogP contribution in [0, 0.1) is 11.3 Å². The van der Waals surface area contributed by atoms with Crippen LogP contribution in [0.5, 0.6) is 0 Å². The van der Waals surface area contributed by atoms with Gasteiger partial charge in [0.1, 0.15) is 6.07 Å². The second kappa shape index (κ2) is 5.88. The molecule has 0 aliphatic heterocycles. The fourth-order valence-electron chi connectivity index (χ4n) is 1.31. The minimum absolute atomic E-state index is 0.671. The van der Waals surface area contributed by atoms with E-state index >= 15 is 0 Å². The first-order chi connectivity index (χ1) is 7.54. The summed E-state index contributed by atoms with van der Waals surface area (Å²) >= 11 is 3.40. The molecule has 3 nitrogen and oxygen atoms in total. The smallest absolute Gasteiger partial charge is 0.100 e. The van der Waals surface area contributed by atoms with Gasteiger partial charge in [-0.25, -0.2) is 0 Å². The minimum atomic E-state index is 0.671. The van der Waals surface area contributed by atoms with Crippen LogP contribution in [0.4, 0.5) is 5.69 Å². The molecule has 4 heteroatoms. The van der Waals surface area contributed by atoms with Gasteiger partial charge < -0.3 is 9.80 Å². The molecule has 0 fully saturated rings. The Morgan fingerprint density at radius 1 is 1.25 bits per heavy atom. The molecule has 0 aliphatic rings. The zero-order valence-electron chi connectivity index (χ0n) is 9.87. The van der Waals surface area contributed by atoms with Gasteiger partial charge in [0.25, 0.3) is 0 Å². The van der Waals surface area contributed by atoms with Crippen molar-refractivity contribution in [1.82, 2.24) is 4.90 Å². The second-order valence-electron chi connectivity index (χ2n) is 4.00. The van der Waals surface area contributed by atoms with Gasteiger partial charge in [-0.15, -0.1) is 0 Å². The molecule has 1 aromatic carbocycles. The standard InChI is InChI=1S/C12H16BrN3/c1-15(2)6-7-16(3)11-5-4-10(9-14)12(13)8-11/h4-5,8H,6-7H2,1-3H3. The van der Waals surface area contributed by atoms with E-state index < -0.39 is 0 Å². The number of rotatable bonds is 4. The summed E-state index contributed by atoms with van der Waals surface area (Å²) < 4.78 is 0.851. The maximum absolute atomic E-state index is 8.82. The number of likely N-dealkylation sites (N-methyl/N-ethyl adjacent to an activating group) is 2. The molecular weight excluding hydrogens is 266 g/mol. The Morgan fingerprint density at radius 3 is 2.44 bits per heavy atom. The monoisotopic (exact) mass is 281 g/mol. The summed E-state index contributed by atoms with van der Waals surface area (Å²) in [6.07, 6.45) is 0. The van der Waals surface area contributed by atoms with E-state index in [4.69, 9.17) is 5.26 Å². The number of anilines is 1. The zero-order chi connectivity index (χ0) is 12.1. The van der Waals surface area contributed by atoms with Crippen LogP contribution in [0.25, 0.3) is 0 Å². The van der Waals surface area contributed by atoms with Gasteiger partial charge >= 0.3 is 0 Å². The average molecular weight is 282 g/mol. The Kier molecular flexibility index (Phi) is 4.78. The molecule has 0 heterocycles. The number of nitrogens with zero attached hydrogens (tertiary/aromatic N) is 3. The van der Waals surface area contributed by atoms with Crippen molar-refractivity contribution >= 4 is 21.6 Å². The third-order valence-electron chi connectivity index (χ3n) is 2.40. The Bertz CT molecular complexity index is 396. The number of halogens is 1. The summed E-state index contributed by atoms with van der Waals surface area (Å²) in [7, 11) is 6.17. The van der Waals surface area contributed by atoms with E-state index in [2.05, 4.69) is 52.9 Å². The molecule has 0 bridgehead atoms. The Morgan fingerprint density at radius 2 is 1.94 bits per heavy atom. The maximum Gasteiger partial charge on any atom is 0.100 e. The molecule has 0 saturated carbocycles. The fraction of sp³-hybridized carbons (Fsp3) is 0.417. The van der Waals surface area contributed by atoms with Crippen molar-refractivity contribution in [2.24, 2.45) is 0 Å². The molecule has 0 aromatic heterocycles. The number of nitriles is 1. The zero-order valence-corrected chi connectivity index (χ0v) is 11.5. The van der Waals surface area contributed by atoms with Gasteiger partial charge in [0.15, 0.2) is 0 Å². The van der Waals surface area contributed by atoms with Gasteiger partial charge in [0.05, 0.1) is 5.56 Å². The van der Waals surface area contributed by atoms with Crippen LogP contribution in [0.3, 0.4) is 0 Å². The quantitative estimate of drug-likeness (QED) is 0.849. The largest absolute Gasteiger partial charge is 0.373 e. The molecule has 86 valence electrons. The van der Waals surface area contributed by atoms with Crippen molar-refractivity contribution < 1.29 is 0 Å². The minimum Gasteiger partial charge on any atom is -0.373 e. The van der Waals surface area contributed by atoms with Crippen LogP contribution < -0.4 is 4.90 Å². The topological polar surface area (TPSA) is 30.3 Å². The summed E-state index contributed by atoms with van der Waals surface area (Å²) in [5, 5.41) is 8.82. The summed E-state index contributed by atoms with van der Waals surface area (Å²) in [5.41, 5.74) is 1.79. The lowest BCUT2D eigenvalue weighted by atomic mass is 10.2. The Labute approximate surface area is 105 Å². The van der Waals surface area contributed by atoms with Crippen molar-refractivity contribution in [3.8, 4) is 6.07 Å². The van der Waals surface area contributed by atoms with Crippen LogP contribution in [-0.4, -0.2) is 39.1 Å².